The SMILES string of the molecule is O=C(Nc1ccc(SC(C(=O)Nc2ccc(-c3nc4ccccc4o3)cc2)c2ccccc2)cc1)/C(=C/c1cccc(Cl)c1)NC(=O)c1ccccc1. The molecule has 0 fully saturated rings. The first-order chi connectivity index (χ1) is 25.9. The fraction of sp³-hybridized carbons (Fsp3) is 0.0233. The Bertz CT molecular complexity index is 2380. The summed E-state index contributed by atoms with van der Waals surface area (Å²) < 4.78 is 5.89. The summed E-state index contributed by atoms with van der Waals surface area (Å²) in [4.78, 5) is 45.7. The summed E-state index contributed by atoms with van der Waals surface area (Å²) in [7, 11) is 0. The molecule has 10 heteroatoms. The fourth-order valence-electron chi connectivity index (χ4n) is 5.46. The van der Waals surface area contributed by atoms with Crippen LogP contribution >= 0.6 is 23.4 Å². The van der Waals surface area contributed by atoms with E-state index in [1.807, 2.05) is 97.1 Å². The molecular weight excluding hydrogens is 704 g/mol. The molecule has 260 valence electrons. The van der Waals surface area contributed by atoms with Gasteiger partial charge in [0, 0.05) is 32.4 Å². The number of benzene rings is 6. The Morgan fingerprint density at radius 2 is 1.36 bits per heavy atom. The predicted molar refractivity (Wildman–Crippen MR) is 212 cm³/mol. The number of anilines is 2. The van der Waals surface area contributed by atoms with Gasteiger partial charge in [-0.25, -0.2) is 4.98 Å². The number of aromatic nitrogens is 1. The van der Waals surface area contributed by atoms with E-state index in [1.165, 1.54) is 11.8 Å². The highest BCUT2D eigenvalue weighted by atomic mass is 35.5. The van der Waals surface area contributed by atoms with E-state index >= 15 is 0 Å². The molecule has 1 aromatic heterocycles. The highest BCUT2D eigenvalue weighted by Crippen LogP contribution is 2.37. The van der Waals surface area contributed by atoms with Gasteiger partial charge in [0.2, 0.25) is 11.8 Å². The molecule has 0 bridgehead atoms. The largest absolute Gasteiger partial charge is 0.436 e. The summed E-state index contributed by atoms with van der Waals surface area (Å²) >= 11 is 7.56. The quantitative estimate of drug-likeness (QED) is 0.0901. The topological polar surface area (TPSA) is 113 Å². The van der Waals surface area contributed by atoms with E-state index in [-0.39, 0.29) is 11.6 Å². The number of rotatable bonds is 11. The summed E-state index contributed by atoms with van der Waals surface area (Å²) in [6, 6.07) is 47.3. The van der Waals surface area contributed by atoms with Crippen LogP contribution in [0.25, 0.3) is 28.6 Å². The number of hydrogen-bond donors (Lipinski definition) is 3. The zero-order valence-corrected chi connectivity index (χ0v) is 29.6. The second kappa shape index (κ2) is 16.3. The summed E-state index contributed by atoms with van der Waals surface area (Å²) in [5, 5.41) is 8.58. The Hall–Kier alpha value is -6.42. The van der Waals surface area contributed by atoms with Crippen molar-refractivity contribution in [1.29, 1.82) is 0 Å². The zero-order chi connectivity index (χ0) is 36.6. The summed E-state index contributed by atoms with van der Waals surface area (Å²) in [5.41, 5.74) is 5.36. The van der Waals surface area contributed by atoms with Crippen LogP contribution in [0, 0.1) is 0 Å². The van der Waals surface area contributed by atoms with E-state index in [9.17, 15) is 14.4 Å². The molecule has 0 saturated carbocycles. The Morgan fingerprint density at radius 3 is 2.08 bits per heavy atom. The first-order valence-electron chi connectivity index (χ1n) is 16.6. The number of hydrogen-bond acceptors (Lipinski definition) is 6. The van der Waals surface area contributed by atoms with Gasteiger partial charge in [-0.2, -0.15) is 0 Å². The van der Waals surface area contributed by atoms with Crippen LogP contribution in [-0.4, -0.2) is 22.7 Å². The van der Waals surface area contributed by atoms with Crippen molar-refractivity contribution in [2.24, 2.45) is 0 Å². The molecule has 3 amide bonds. The lowest BCUT2D eigenvalue weighted by Gasteiger charge is -2.18. The third kappa shape index (κ3) is 8.91. The first kappa shape index (κ1) is 35.0. The van der Waals surface area contributed by atoms with Gasteiger partial charge < -0.3 is 20.4 Å². The highest BCUT2D eigenvalue weighted by Gasteiger charge is 2.23. The molecule has 3 N–H and O–H groups in total. The minimum atomic E-state index is -0.575. The molecule has 7 aromatic rings. The van der Waals surface area contributed by atoms with Crippen molar-refractivity contribution in [2.75, 3.05) is 10.6 Å². The first-order valence-corrected chi connectivity index (χ1v) is 17.9. The van der Waals surface area contributed by atoms with Crippen LogP contribution in [-0.2, 0) is 9.59 Å². The van der Waals surface area contributed by atoms with Crippen molar-refractivity contribution in [2.45, 2.75) is 10.1 Å². The number of halogens is 1. The van der Waals surface area contributed by atoms with Crippen LogP contribution in [0.5, 0.6) is 0 Å². The van der Waals surface area contributed by atoms with Gasteiger partial charge in [-0.1, -0.05) is 84.4 Å². The van der Waals surface area contributed by atoms with Crippen LogP contribution in [0.3, 0.4) is 0 Å². The van der Waals surface area contributed by atoms with Gasteiger partial charge in [0.05, 0.1) is 0 Å². The van der Waals surface area contributed by atoms with Crippen LogP contribution < -0.4 is 16.0 Å². The molecule has 6 aromatic carbocycles. The smallest absolute Gasteiger partial charge is 0.272 e. The Labute approximate surface area is 314 Å². The molecule has 1 heterocycles. The van der Waals surface area contributed by atoms with Crippen molar-refractivity contribution in [3.63, 3.8) is 0 Å². The van der Waals surface area contributed by atoms with Gasteiger partial charge in [0.15, 0.2) is 5.58 Å². The standard InChI is InChI=1S/C43H31ClN4O4S/c44-32-15-9-10-28(26-32)27-37(47-40(49)30-13-5-2-6-14-30)41(50)45-34-22-24-35(25-23-34)53-39(29-11-3-1-4-12-29)42(51)46-33-20-18-31(19-21-33)43-48-36-16-7-8-17-38(36)52-43/h1-27,39H,(H,45,50)(H,46,51)(H,47,49)/b37-27-. The predicted octanol–water partition coefficient (Wildman–Crippen LogP) is 10.0. The van der Waals surface area contributed by atoms with Crippen LogP contribution in [0.1, 0.15) is 26.7 Å². The highest BCUT2D eigenvalue weighted by molar-refractivity contribution is 8.00. The number of fused-ring (bicyclic) bond motifs is 1. The lowest BCUT2D eigenvalue weighted by Crippen LogP contribution is -2.30. The van der Waals surface area contributed by atoms with Crippen molar-refractivity contribution in [1.82, 2.24) is 10.3 Å². The molecule has 1 unspecified atom stereocenters. The minimum Gasteiger partial charge on any atom is -0.436 e. The van der Waals surface area contributed by atoms with E-state index in [2.05, 4.69) is 20.9 Å². The van der Waals surface area contributed by atoms with Crippen molar-refractivity contribution < 1.29 is 18.8 Å². The fourth-order valence-corrected chi connectivity index (χ4v) is 6.68. The molecule has 7 rings (SSSR count). The van der Waals surface area contributed by atoms with E-state index < -0.39 is 17.1 Å². The van der Waals surface area contributed by atoms with Crippen LogP contribution in [0.2, 0.25) is 5.02 Å². The second-order valence-corrected chi connectivity index (χ2v) is 13.5. The maximum absolute atomic E-state index is 13.8. The molecule has 53 heavy (non-hydrogen) atoms. The van der Waals surface area contributed by atoms with Gasteiger partial charge in [0.25, 0.3) is 11.8 Å². The van der Waals surface area contributed by atoms with Gasteiger partial charge in [-0.05, 0) is 102 Å². The Morgan fingerprint density at radius 1 is 0.698 bits per heavy atom. The number of para-hydroxylation sites is 2. The van der Waals surface area contributed by atoms with Crippen molar-refractivity contribution in [3.8, 4) is 11.5 Å². The lowest BCUT2D eigenvalue weighted by atomic mass is 10.1. The van der Waals surface area contributed by atoms with Gasteiger partial charge in [-0.3, -0.25) is 14.4 Å². The molecule has 0 aliphatic carbocycles. The average Bonchev–Trinajstić information content (AvgIpc) is 3.63. The lowest BCUT2D eigenvalue weighted by molar-refractivity contribution is -0.116. The molecule has 0 spiro atoms. The number of nitrogens with one attached hydrogen (secondary N) is 3. The van der Waals surface area contributed by atoms with Gasteiger partial charge >= 0.3 is 0 Å². The van der Waals surface area contributed by atoms with E-state index in [0.29, 0.717) is 39.0 Å². The third-order valence-corrected chi connectivity index (χ3v) is 9.59. The maximum atomic E-state index is 13.8. The van der Waals surface area contributed by atoms with E-state index in [0.717, 1.165) is 21.5 Å². The van der Waals surface area contributed by atoms with Gasteiger partial charge in [-0.15, -0.1) is 11.8 Å². The molecule has 0 aliphatic heterocycles. The molecule has 1 atom stereocenters. The number of carbonyl (C=O) groups excluding carboxylic acids is 3. The number of oxazole rings is 1. The minimum absolute atomic E-state index is 0.0438. The Balaban J connectivity index is 1.05. The van der Waals surface area contributed by atoms with Gasteiger partial charge in [0.1, 0.15) is 16.5 Å². The Kier molecular flexibility index (Phi) is 10.8. The molecule has 8 nitrogen and oxygen atoms in total. The number of amides is 3. The maximum Gasteiger partial charge on any atom is 0.272 e. The molecule has 0 radical (unpaired) electrons. The third-order valence-electron chi connectivity index (χ3n) is 8.09. The van der Waals surface area contributed by atoms with E-state index in [1.54, 1.807) is 66.7 Å². The van der Waals surface area contributed by atoms with Crippen molar-refractivity contribution in [3.05, 3.63) is 185 Å². The van der Waals surface area contributed by atoms with Crippen LogP contribution in [0.4, 0.5) is 11.4 Å². The number of nitrogens with zero attached hydrogens (tertiary/aromatic N) is 1. The number of thioether (sulfide) groups is 1. The normalized spacial score (nSPS) is 11.8. The second-order valence-electron chi connectivity index (χ2n) is 11.9. The average molecular weight is 735 g/mol. The summed E-state index contributed by atoms with van der Waals surface area (Å²) in [5.74, 6) is -0.631. The summed E-state index contributed by atoms with van der Waals surface area (Å²) in [6.07, 6.45) is 1.57. The monoisotopic (exact) mass is 734 g/mol. The number of carbonyl (C=O) groups is 3. The zero-order valence-electron chi connectivity index (χ0n) is 28.0. The molecule has 0 aliphatic rings. The molecular formula is C43H31ClN4O4S. The van der Waals surface area contributed by atoms with E-state index in [4.69, 9.17) is 16.0 Å². The summed E-state index contributed by atoms with van der Waals surface area (Å²) in [6.45, 7) is 0. The van der Waals surface area contributed by atoms with Crippen LogP contribution in [0.15, 0.2) is 173 Å². The molecule has 0 saturated heterocycles. The van der Waals surface area contributed by atoms with Crippen molar-refractivity contribution >= 4 is 69.6 Å².